The summed E-state index contributed by atoms with van der Waals surface area (Å²) in [4.78, 5) is 35.8. The molecule has 24 heavy (non-hydrogen) atoms. The molecule has 9 heteroatoms. The van der Waals surface area contributed by atoms with Crippen LogP contribution in [0.25, 0.3) is 0 Å². The van der Waals surface area contributed by atoms with Crippen LogP contribution in [-0.4, -0.2) is 61.1 Å². The van der Waals surface area contributed by atoms with Crippen molar-refractivity contribution in [2.45, 2.75) is 52.4 Å². The van der Waals surface area contributed by atoms with Gasteiger partial charge in [0.25, 0.3) is 0 Å². The first-order valence-corrected chi connectivity index (χ1v) is 7.47. The summed E-state index contributed by atoms with van der Waals surface area (Å²) >= 11 is 0. The lowest BCUT2D eigenvalue weighted by molar-refractivity contribution is -0.193. The van der Waals surface area contributed by atoms with Crippen LogP contribution in [0, 0.1) is 0 Å². The molecule has 0 aromatic carbocycles. The maximum Gasteiger partial charge on any atom is 0.307 e. The third kappa shape index (κ3) is 3.92. The molecule has 0 N–H and O–H groups in total. The van der Waals surface area contributed by atoms with E-state index in [4.69, 9.17) is 23.7 Å². The topological polar surface area (TPSA) is 101 Å². The molecule has 0 aliphatic carbocycles. The number of likely N-dealkylation sites (N-methyl/N-ethyl adjacent to an activating group) is 1. The molecule has 0 spiro atoms. The van der Waals surface area contributed by atoms with E-state index in [-0.39, 0.29) is 24.4 Å². The van der Waals surface area contributed by atoms with Crippen molar-refractivity contribution in [1.29, 1.82) is 0 Å². The fourth-order valence-electron chi connectivity index (χ4n) is 2.57. The molecule has 9 nitrogen and oxygen atoms in total. The highest BCUT2D eigenvalue weighted by molar-refractivity contribution is 5.69. The third-order valence-corrected chi connectivity index (χ3v) is 3.65. The molecular formula is C15H21NO8. The Morgan fingerprint density at radius 3 is 2.12 bits per heavy atom. The van der Waals surface area contributed by atoms with Gasteiger partial charge in [-0.2, -0.15) is 0 Å². The molecule has 1 fully saturated rings. The van der Waals surface area contributed by atoms with E-state index in [1.165, 1.54) is 20.8 Å². The Labute approximate surface area is 139 Å². The second kappa shape index (κ2) is 7.29. The van der Waals surface area contributed by atoms with E-state index in [1.807, 2.05) is 0 Å². The zero-order valence-electron chi connectivity index (χ0n) is 14.2. The van der Waals surface area contributed by atoms with Gasteiger partial charge in [-0.1, -0.05) is 0 Å². The number of nitrogens with zero attached hydrogens (tertiary/aromatic N) is 1. The van der Waals surface area contributed by atoms with Crippen LogP contribution in [0.1, 0.15) is 27.7 Å². The highest BCUT2D eigenvalue weighted by Gasteiger charge is 2.50. The smallest absolute Gasteiger partial charge is 0.307 e. The summed E-state index contributed by atoms with van der Waals surface area (Å²) in [5.74, 6) is -1.58. The first kappa shape index (κ1) is 18.4. The molecule has 2 rings (SSSR count). The third-order valence-electron chi connectivity index (χ3n) is 3.65. The number of esters is 3. The van der Waals surface area contributed by atoms with Gasteiger partial charge in [0, 0.05) is 20.8 Å². The molecule has 2 aliphatic rings. The van der Waals surface area contributed by atoms with E-state index in [9.17, 15) is 14.4 Å². The number of carbonyl (C=O) groups is 3. The molecule has 4 atom stereocenters. The molecule has 1 saturated heterocycles. The largest absolute Gasteiger partial charge is 0.463 e. The van der Waals surface area contributed by atoms with Crippen molar-refractivity contribution in [3.63, 3.8) is 0 Å². The average molecular weight is 343 g/mol. The number of hydrogen-bond acceptors (Lipinski definition) is 9. The van der Waals surface area contributed by atoms with E-state index < -0.39 is 36.3 Å². The minimum absolute atomic E-state index is 0.00440. The molecular weight excluding hydrogens is 322 g/mol. The van der Waals surface area contributed by atoms with Crippen LogP contribution >= 0.6 is 0 Å². The molecule has 0 bridgehead atoms. The fraction of sp³-hybridized carbons (Fsp3) is 0.667. The van der Waals surface area contributed by atoms with Gasteiger partial charge < -0.3 is 23.7 Å². The molecule has 134 valence electrons. The molecule has 2 unspecified atom stereocenters. The molecule has 0 radical (unpaired) electrons. The summed E-state index contributed by atoms with van der Waals surface area (Å²) in [5, 5.41) is 0. The predicted molar refractivity (Wildman–Crippen MR) is 78.0 cm³/mol. The second-order valence-electron chi connectivity index (χ2n) is 5.56. The Hall–Kier alpha value is -1.97. The van der Waals surface area contributed by atoms with E-state index in [2.05, 4.69) is 0 Å². The minimum Gasteiger partial charge on any atom is -0.463 e. The summed E-state index contributed by atoms with van der Waals surface area (Å²) in [5.41, 5.74) is 0. The number of carbonyl (C=O) groups excluding carboxylic acids is 3. The van der Waals surface area contributed by atoms with Crippen LogP contribution in [0.5, 0.6) is 0 Å². The van der Waals surface area contributed by atoms with Crippen molar-refractivity contribution in [2.24, 2.45) is 0 Å². The molecule has 0 aromatic rings. The van der Waals surface area contributed by atoms with Crippen molar-refractivity contribution < 1.29 is 38.1 Å². The second-order valence-corrected chi connectivity index (χ2v) is 5.56. The summed E-state index contributed by atoms with van der Waals surface area (Å²) in [6, 6.07) is -0.563. The molecule has 2 aliphatic heterocycles. The van der Waals surface area contributed by atoms with Gasteiger partial charge in [0.1, 0.15) is 18.9 Å². The first-order chi connectivity index (χ1) is 11.2. The van der Waals surface area contributed by atoms with Gasteiger partial charge in [-0.05, 0) is 14.0 Å². The number of hydrogen-bond donors (Lipinski definition) is 0. The maximum absolute atomic E-state index is 11.5. The standard InChI is InChI=1S/C15H21NO8/c1-7-16(5)12-14(23-10(4)19)13(22-9(3)18)11(6-20-8(2)17)24-15(12)21-7/h7,11-12,15H,6H2,1-5H3/t7?,11?,12-,15-/m0/s1. The van der Waals surface area contributed by atoms with Gasteiger partial charge in [-0.15, -0.1) is 0 Å². The Balaban J connectivity index is 2.43. The van der Waals surface area contributed by atoms with Crippen LogP contribution in [0.2, 0.25) is 0 Å². The van der Waals surface area contributed by atoms with Gasteiger partial charge in [0.15, 0.2) is 23.9 Å². The number of rotatable bonds is 4. The first-order valence-electron chi connectivity index (χ1n) is 7.47. The zero-order valence-corrected chi connectivity index (χ0v) is 14.2. The Bertz CT molecular complexity index is 572. The SMILES string of the molecule is CC(=O)OCC1O[C@@H]2OC(C)N(C)[C@H]2C(OC(C)=O)=C1OC(C)=O. The summed E-state index contributed by atoms with van der Waals surface area (Å²) in [6.07, 6.45) is -1.98. The van der Waals surface area contributed by atoms with E-state index in [0.29, 0.717) is 0 Å². The fourth-order valence-corrected chi connectivity index (χ4v) is 2.57. The number of ether oxygens (including phenoxy) is 5. The van der Waals surface area contributed by atoms with Crippen molar-refractivity contribution in [2.75, 3.05) is 13.7 Å². The highest BCUT2D eigenvalue weighted by atomic mass is 16.7. The molecule has 0 amide bonds. The van der Waals surface area contributed by atoms with E-state index in [0.717, 1.165) is 0 Å². The van der Waals surface area contributed by atoms with Crippen LogP contribution in [0.15, 0.2) is 11.5 Å². The lowest BCUT2D eigenvalue weighted by Gasteiger charge is -2.34. The van der Waals surface area contributed by atoms with Crippen molar-refractivity contribution in [3.05, 3.63) is 11.5 Å². The van der Waals surface area contributed by atoms with Gasteiger partial charge in [0.2, 0.25) is 0 Å². The van der Waals surface area contributed by atoms with Crippen LogP contribution in [0.4, 0.5) is 0 Å². The monoisotopic (exact) mass is 343 g/mol. The van der Waals surface area contributed by atoms with E-state index in [1.54, 1.807) is 18.9 Å². The van der Waals surface area contributed by atoms with E-state index >= 15 is 0 Å². The lowest BCUT2D eigenvalue weighted by atomic mass is 10.1. The Morgan fingerprint density at radius 2 is 1.58 bits per heavy atom. The van der Waals surface area contributed by atoms with Gasteiger partial charge in [-0.3, -0.25) is 19.3 Å². The average Bonchev–Trinajstić information content (AvgIpc) is 2.73. The summed E-state index contributed by atoms with van der Waals surface area (Å²) < 4.78 is 26.9. The minimum atomic E-state index is -0.924. The van der Waals surface area contributed by atoms with Crippen LogP contribution in [0.3, 0.4) is 0 Å². The van der Waals surface area contributed by atoms with Crippen molar-refractivity contribution >= 4 is 17.9 Å². The van der Waals surface area contributed by atoms with Gasteiger partial charge in [0.05, 0.1) is 0 Å². The molecule has 2 heterocycles. The highest BCUT2D eigenvalue weighted by Crippen LogP contribution is 2.37. The quantitative estimate of drug-likeness (QED) is 0.526. The normalized spacial score (nSPS) is 29.9. The van der Waals surface area contributed by atoms with Crippen molar-refractivity contribution in [3.8, 4) is 0 Å². The zero-order chi connectivity index (χ0) is 18.0. The predicted octanol–water partition coefficient (Wildman–Crippen LogP) is 0.289. The molecule has 0 aromatic heterocycles. The summed E-state index contributed by atoms with van der Waals surface area (Å²) in [7, 11) is 1.76. The van der Waals surface area contributed by atoms with Gasteiger partial charge in [-0.25, -0.2) is 0 Å². The van der Waals surface area contributed by atoms with Crippen molar-refractivity contribution in [1.82, 2.24) is 4.90 Å². The number of fused-ring (bicyclic) bond motifs is 1. The Morgan fingerprint density at radius 1 is 1.00 bits per heavy atom. The Kier molecular flexibility index (Phi) is 5.58. The van der Waals surface area contributed by atoms with Crippen LogP contribution < -0.4 is 0 Å². The maximum atomic E-state index is 11.5. The molecule has 0 saturated carbocycles. The summed E-state index contributed by atoms with van der Waals surface area (Å²) in [6.45, 7) is 5.30. The van der Waals surface area contributed by atoms with Gasteiger partial charge >= 0.3 is 17.9 Å². The van der Waals surface area contributed by atoms with Crippen LogP contribution in [-0.2, 0) is 38.1 Å². The lowest BCUT2D eigenvalue weighted by Crippen LogP contribution is -2.47.